The first kappa shape index (κ1) is 20.7. The van der Waals surface area contributed by atoms with Crippen LogP contribution in [-0.4, -0.2) is 58.6 Å². The van der Waals surface area contributed by atoms with Crippen LogP contribution in [0.25, 0.3) is 0 Å². The zero-order valence-electron chi connectivity index (χ0n) is 17.4. The van der Waals surface area contributed by atoms with Gasteiger partial charge < -0.3 is 14.6 Å². The van der Waals surface area contributed by atoms with Gasteiger partial charge in [-0.05, 0) is 49.9 Å². The molecule has 3 unspecified atom stereocenters. The SMILES string of the molecule is OC1(N2CCC2N2CC(Oc3cccc(F)c3)C2)CCCC(Oc2cccc(F)c2)C1. The Bertz CT molecular complexity index is 923. The lowest BCUT2D eigenvalue weighted by Crippen LogP contribution is -2.72. The highest BCUT2D eigenvalue weighted by atomic mass is 19.1. The quantitative estimate of drug-likeness (QED) is 0.756. The topological polar surface area (TPSA) is 45.2 Å². The van der Waals surface area contributed by atoms with Gasteiger partial charge in [0.25, 0.3) is 0 Å². The molecule has 31 heavy (non-hydrogen) atoms. The Labute approximate surface area is 181 Å². The monoisotopic (exact) mass is 430 g/mol. The maximum Gasteiger partial charge on any atom is 0.126 e. The van der Waals surface area contributed by atoms with Crippen molar-refractivity contribution in [3.8, 4) is 11.5 Å². The fourth-order valence-electron chi connectivity index (χ4n) is 5.03. The van der Waals surface area contributed by atoms with Crippen LogP contribution in [0, 0.1) is 11.6 Å². The maximum absolute atomic E-state index is 13.5. The summed E-state index contributed by atoms with van der Waals surface area (Å²) in [5.41, 5.74) is -0.909. The lowest BCUT2D eigenvalue weighted by atomic mass is 9.85. The van der Waals surface area contributed by atoms with Crippen LogP contribution in [0.2, 0.25) is 0 Å². The van der Waals surface area contributed by atoms with Crippen molar-refractivity contribution >= 4 is 0 Å². The minimum atomic E-state index is -0.909. The van der Waals surface area contributed by atoms with E-state index in [-0.39, 0.29) is 30.0 Å². The highest BCUT2D eigenvalue weighted by Gasteiger charge is 2.51. The minimum Gasteiger partial charge on any atom is -0.490 e. The van der Waals surface area contributed by atoms with Crippen molar-refractivity contribution in [1.82, 2.24) is 9.80 Å². The van der Waals surface area contributed by atoms with E-state index in [0.717, 1.165) is 38.9 Å². The van der Waals surface area contributed by atoms with Gasteiger partial charge in [-0.2, -0.15) is 0 Å². The van der Waals surface area contributed by atoms with Gasteiger partial charge in [-0.1, -0.05) is 12.1 Å². The standard InChI is InChI=1S/C24H28F2N2O3/c25-17-4-1-6-19(12-17)30-21-8-3-10-24(29,14-21)28-11-9-23(28)27-15-22(16-27)31-20-7-2-5-18(26)13-20/h1-2,4-7,12-13,21-23,29H,3,8-11,14-16H2. The van der Waals surface area contributed by atoms with Crippen molar-refractivity contribution in [2.24, 2.45) is 0 Å². The lowest BCUT2D eigenvalue weighted by molar-refractivity contribution is -0.239. The Morgan fingerprint density at radius 2 is 1.55 bits per heavy atom. The smallest absolute Gasteiger partial charge is 0.126 e. The molecular formula is C24H28F2N2O3. The number of ether oxygens (including phenoxy) is 2. The van der Waals surface area contributed by atoms with E-state index in [1.54, 1.807) is 24.3 Å². The van der Waals surface area contributed by atoms with E-state index >= 15 is 0 Å². The summed E-state index contributed by atoms with van der Waals surface area (Å²) in [7, 11) is 0. The molecule has 1 saturated carbocycles. The number of benzene rings is 2. The molecule has 0 bridgehead atoms. The molecule has 3 fully saturated rings. The Morgan fingerprint density at radius 3 is 2.13 bits per heavy atom. The highest BCUT2D eigenvalue weighted by Crippen LogP contribution is 2.40. The third-order valence-corrected chi connectivity index (χ3v) is 6.68. The molecule has 1 aliphatic carbocycles. The summed E-state index contributed by atoms with van der Waals surface area (Å²) in [4.78, 5) is 4.48. The normalized spacial score (nSPS) is 29.8. The van der Waals surface area contributed by atoms with Crippen LogP contribution in [-0.2, 0) is 0 Å². The van der Waals surface area contributed by atoms with E-state index in [2.05, 4.69) is 9.80 Å². The molecule has 0 aromatic heterocycles. The Morgan fingerprint density at radius 1 is 0.903 bits per heavy atom. The molecule has 166 valence electrons. The van der Waals surface area contributed by atoms with Crippen LogP contribution in [0.15, 0.2) is 48.5 Å². The molecule has 5 nitrogen and oxygen atoms in total. The van der Waals surface area contributed by atoms with Crippen molar-refractivity contribution in [2.45, 2.75) is 56.2 Å². The van der Waals surface area contributed by atoms with E-state index in [9.17, 15) is 13.9 Å². The molecule has 0 amide bonds. The summed E-state index contributed by atoms with van der Waals surface area (Å²) < 4.78 is 38.7. The van der Waals surface area contributed by atoms with Gasteiger partial charge in [0.15, 0.2) is 0 Å². The van der Waals surface area contributed by atoms with Crippen molar-refractivity contribution in [1.29, 1.82) is 0 Å². The molecule has 3 aliphatic rings. The summed E-state index contributed by atoms with van der Waals surface area (Å²) in [6.07, 6.45) is 4.03. The Balaban J connectivity index is 1.16. The first-order chi connectivity index (χ1) is 15.0. The number of aliphatic hydroxyl groups is 1. The van der Waals surface area contributed by atoms with Gasteiger partial charge >= 0.3 is 0 Å². The third kappa shape index (κ3) is 4.40. The van der Waals surface area contributed by atoms with Gasteiger partial charge in [0, 0.05) is 38.2 Å². The molecule has 2 saturated heterocycles. The number of hydrogen-bond donors (Lipinski definition) is 1. The average Bonchev–Trinajstić information content (AvgIpc) is 2.65. The van der Waals surface area contributed by atoms with Crippen LogP contribution < -0.4 is 9.47 Å². The van der Waals surface area contributed by atoms with Gasteiger partial charge in [0.1, 0.15) is 41.1 Å². The van der Waals surface area contributed by atoms with E-state index in [1.165, 1.54) is 24.3 Å². The molecule has 5 rings (SSSR count). The van der Waals surface area contributed by atoms with Crippen molar-refractivity contribution in [3.63, 3.8) is 0 Å². The average molecular weight is 430 g/mol. The lowest BCUT2D eigenvalue weighted by Gasteiger charge is -2.59. The largest absolute Gasteiger partial charge is 0.490 e. The first-order valence-electron chi connectivity index (χ1n) is 11.1. The van der Waals surface area contributed by atoms with Gasteiger partial charge in [0.2, 0.25) is 0 Å². The molecular weight excluding hydrogens is 402 g/mol. The highest BCUT2D eigenvalue weighted by molar-refractivity contribution is 5.24. The van der Waals surface area contributed by atoms with Gasteiger partial charge in [-0.15, -0.1) is 0 Å². The zero-order valence-corrected chi connectivity index (χ0v) is 17.4. The van der Waals surface area contributed by atoms with Gasteiger partial charge in [0.05, 0.1) is 6.17 Å². The van der Waals surface area contributed by atoms with Crippen LogP contribution in [0.5, 0.6) is 11.5 Å². The van der Waals surface area contributed by atoms with Crippen LogP contribution in [0.4, 0.5) is 8.78 Å². The second-order valence-corrected chi connectivity index (χ2v) is 8.89. The first-order valence-corrected chi connectivity index (χ1v) is 11.1. The van der Waals surface area contributed by atoms with E-state index in [1.807, 2.05) is 0 Å². The summed E-state index contributed by atoms with van der Waals surface area (Å²) in [5.74, 6) is 0.445. The number of hydrogen-bond acceptors (Lipinski definition) is 5. The summed E-state index contributed by atoms with van der Waals surface area (Å²) in [5, 5.41) is 11.4. The summed E-state index contributed by atoms with van der Waals surface area (Å²) in [6, 6.07) is 12.4. The third-order valence-electron chi connectivity index (χ3n) is 6.68. The molecule has 2 aromatic rings. The number of nitrogens with zero attached hydrogens (tertiary/aromatic N) is 2. The molecule has 1 N–H and O–H groups in total. The maximum atomic E-state index is 13.5. The van der Waals surface area contributed by atoms with Crippen LogP contribution in [0.1, 0.15) is 32.1 Å². The molecule has 0 spiro atoms. The molecule has 3 atom stereocenters. The van der Waals surface area contributed by atoms with E-state index in [4.69, 9.17) is 9.47 Å². The number of halogens is 2. The van der Waals surface area contributed by atoms with Crippen LogP contribution in [0.3, 0.4) is 0 Å². The minimum absolute atomic E-state index is 0.0364. The Kier molecular flexibility index (Phi) is 5.58. The van der Waals surface area contributed by atoms with E-state index < -0.39 is 5.72 Å². The fourth-order valence-corrected chi connectivity index (χ4v) is 5.03. The predicted octanol–water partition coefficient (Wildman–Crippen LogP) is 3.77. The van der Waals surface area contributed by atoms with Gasteiger partial charge in [-0.25, -0.2) is 8.78 Å². The second-order valence-electron chi connectivity index (χ2n) is 8.89. The number of likely N-dealkylation sites (tertiary alicyclic amines) is 2. The zero-order chi connectivity index (χ0) is 21.4. The number of rotatable bonds is 6. The fraction of sp³-hybridized carbons (Fsp3) is 0.500. The van der Waals surface area contributed by atoms with E-state index in [0.29, 0.717) is 24.3 Å². The van der Waals surface area contributed by atoms with Crippen LogP contribution >= 0.6 is 0 Å². The van der Waals surface area contributed by atoms with Gasteiger partial charge in [-0.3, -0.25) is 9.80 Å². The molecule has 0 radical (unpaired) electrons. The molecule has 2 aromatic carbocycles. The predicted molar refractivity (Wildman–Crippen MR) is 112 cm³/mol. The summed E-state index contributed by atoms with van der Waals surface area (Å²) >= 11 is 0. The Hall–Kier alpha value is -2.22. The molecule has 2 aliphatic heterocycles. The van der Waals surface area contributed by atoms with Crippen molar-refractivity contribution in [3.05, 3.63) is 60.2 Å². The van der Waals surface area contributed by atoms with Crippen molar-refractivity contribution in [2.75, 3.05) is 19.6 Å². The van der Waals surface area contributed by atoms with Crippen molar-refractivity contribution < 1.29 is 23.4 Å². The molecule has 2 heterocycles. The second kappa shape index (κ2) is 8.37. The summed E-state index contributed by atoms with van der Waals surface area (Å²) in [6.45, 7) is 2.37. The molecule has 7 heteroatoms.